The number of piperidine rings is 1. The minimum Gasteiger partial charge on any atom is -0.456 e. The highest BCUT2D eigenvalue weighted by Gasteiger charge is 2.26. The number of carbonyl (C=O) groups excluding carboxylic acids is 2. The first kappa shape index (κ1) is 20.4. The second-order valence-corrected chi connectivity index (χ2v) is 8.34. The molecule has 0 aliphatic carbocycles. The molecule has 1 heterocycles. The van der Waals surface area contributed by atoms with Crippen molar-refractivity contribution in [1.82, 2.24) is 4.31 Å². The summed E-state index contributed by atoms with van der Waals surface area (Å²) in [5, 5.41) is 2.62. The minimum atomic E-state index is -3.57. The summed E-state index contributed by atoms with van der Waals surface area (Å²) >= 11 is 0. The molecule has 1 saturated heterocycles. The molecule has 1 N–H and O–H groups in total. The molecule has 0 aromatic heterocycles. The fourth-order valence-corrected chi connectivity index (χ4v) is 4.30. The number of ether oxygens (including phenoxy) is 1. The van der Waals surface area contributed by atoms with E-state index >= 15 is 0 Å². The highest BCUT2D eigenvalue weighted by molar-refractivity contribution is 7.89. The zero-order valence-corrected chi connectivity index (χ0v) is 16.1. The number of esters is 1. The zero-order chi connectivity index (χ0) is 19.2. The second-order valence-electron chi connectivity index (χ2n) is 6.40. The van der Waals surface area contributed by atoms with Crippen LogP contribution >= 0.6 is 0 Å². The molecule has 0 radical (unpaired) electrons. The molecule has 0 bridgehead atoms. The maximum atomic E-state index is 12.8. The molecule has 26 heavy (non-hydrogen) atoms. The van der Waals surface area contributed by atoms with Crippen LogP contribution in [0, 0.1) is 6.92 Å². The standard InChI is InChI=1S/C18H26N2O5S/c1-3-7-18(22)25-13-17(21)19-16-12-15(9-8-14(16)2)26(23,24)20-10-5-4-6-11-20/h8-9,12H,3-7,10-11,13H2,1-2H3,(H,19,21). The van der Waals surface area contributed by atoms with Crippen LogP contribution in [0.2, 0.25) is 0 Å². The van der Waals surface area contributed by atoms with Crippen molar-refractivity contribution in [2.45, 2.75) is 50.8 Å². The molecule has 0 atom stereocenters. The van der Waals surface area contributed by atoms with Crippen LogP contribution in [-0.4, -0.2) is 44.3 Å². The average molecular weight is 382 g/mol. The molecule has 1 amide bonds. The van der Waals surface area contributed by atoms with Crippen LogP contribution in [0.1, 0.15) is 44.6 Å². The van der Waals surface area contributed by atoms with E-state index in [9.17, 15) is 18.0 Å². The third kappa shape index (κ3) is 5.28. The number of sulfonamides is 1. The van der Waals surface area contributed by atoms with E-state index < -0.39 is 21.9 Å². The summed E-state index contributed by atoms with van der Waals surface area (Å²) in [6, 6.07) is 4.68. The van der Waals surface area contributed by atoms with Crippen LogP contribution in [0.4, 0.5) is 5.69 Å². The Labute approximate surface area is 154 Å². The van der Waals surface area contributed by atoms with Gasteiger partial charge < -0.3 is 10.1 Å². The Hall–Kier alpha value is -1.93. The van der Waals surface area contributed by atoms with Gasteiger partial charge in [0.15, 0.2) is 6.61 Å². The number of hydrogen-bond acceptors (Lipinski definition) is 5. The normalized spacial score (nSPS) is 15.5. The molecule has 0 unspecified atom stereocenters. The Morgan fingerprint density at radius 1 is 1.19 bits per heavy atom. The lowest BCUT2D eigenvalue weighted by atomic mass is 10.2. The van der Waals surface area contributed by atoms with Gasteiger partial charge in [-0.25, -0.2) is 8.42 Å². The van der Waals surface area contributed by atoms with Crippen molar-refractivity contribution < 1.29 is 22.7 Å². The molecule has 0 spiro atoms. The number of hydrogen-bond donors (Lipinski definition) is 1. The SMILES string of the molecule is CCCC(=O)OCC(=O)Nc1cc(S(=O)(=O)N2CCCCC2)ccc1C. The molecule has 7 nitrogen and oxygen atoms in total. The number of anilines is 1. The van der Waals surface area contributed by atoms with E-state index in [0.29, 0.717) is 25.2 Å². The summed E-state index contributed by atoms with van der Waals surface area (Å²) in [7, 11) is -3.57. The summed E-state index contributed by atoms with van der Waals surface area (Å²) in [5.41, 5.74) is 1.13. The second kappa shape index (κ2) is 9.14. The number of nitrogens with zero attached hydrogens (tertiary/aromatic N) is 1. The molecule has 1 aliphatic heterocycles. The largest absolute Gasteiger partial charge is 0.456 e. The predicted molar refractivity (Wildman–Crippen MR) is 98.3 cm³/mol. The fraction of sp³-hybridized carbons (Fsp3) is 0.556. The fourth-order valence-electron chi connectivity index (χ4n) is 2.76. The predicted octanol–water partition coefficient (Wildman–Crippen LogP) is 2.45. The van der Waals surface area contributed by atoms with Crippen molar-refractivity contribution in [1.29, 1.82) is 0 Å². The summed E-state index contributed by atoms with van der Waals surface area (Å²) in [4.78, 5) is 23.5. The summed E-state index contributed by atoms with van der Waals surface area (Å²) < 4.78 is 31.9. The van der Waals surface area contributed by atoms with Crippen molar-refractivity contribution in [3.05, 3.63) is 23.8 Å². The molecule has 1 aliphatic rings. The first-order valence-corrected chi connectivity index (χ1v) is 10.3. The van der Waals surface area contributed by atoms with E-state index in [4.69, 9.17) is 4.74 Å². The molecule has 1 aromatic rings. The van der Waals surface area contributed by atoms with Crippen LogP contribution in [0.15, 0.2) is 23.1 Å². The van der Waals surface area contributed by atoms with Crippen molar-refractivity contribution in [2.24, 2.45) is 0 Å². The lowest BCUT2D eigenvalue weighted by Crippen LogP contribution is -2.35. The Bertz CT molecular complexity index is 755. The lowest BCUT2D eigenvalue weighted by Gasteiger charge is -2.26. The lowest BCUT2D eigenvalue weighted by molar-refractivity contribution is -0.147. The number of amides is 1. The van der Waals surface area contributed by atoms with E-state index in [0.717, 1.165) is 24.8 Å². The van der Waals surface area contributed by atoms with Crippen molar-refractivity contribution in [2.75, 3.05) is 25.0 Å². The third-order valence-corrected chi connectivity index (χ3v) is 6.15. The molecule has 0 saturated carbocycles. The van der Waals surface area contributed by atoms with E-state index in [-0.39, 0.29) is 17.9 Å². The average Bonchev–Trinajstić information content (AvgIpc) is 2.62. The summed E-state index contributed by atoms with van der Waals surface area (Å²) in [6.07, 6.45) is 3.67. The van der Waals surface area contributed by atoms with Gasteiger partial charge in [0.25, 0.3) is 5.91 Å². The molecule has 2 rings (SSSR count). The Balaban J connectivity index is 2.09. The minimum absolute atomic E-state index is 0.156. The Morgan fingerprint density at radius 3 is 2.54 bits per heavy atom. The topological polar surface area (TPSA) is 92.8 Å². The van der Waals surface area contributed by atoms with Crippen LogP contribution < -0.4 is 5.32 Å². The zero-order valence-electron chi connectivity index (χ0n) is 15.3. The first-order valence-electron chi connectivity index (χ1n) is 8.91. The monoisotopic (exact) mass is 382 g/mol. The van der Waals surface area contributed by atoms with Crippen LogP contribution in [0.5, 0.6) is 0 Å². The van der Waals surface area contributed by atoms with Gasteiger partial charge in [-0.3, -0.25) is 9.59 Å². The van der Waals surface area contributed by atoms with Crippen LogP contribution in [0.25, 0.3) is 0 Å². The van der Waals surface area contributed by atoms with E-state index in [1.807, 2.05) is 6.92 Å². The van der Waals surface area contributed by atoms with Gasteiger partial charge in [-0.2, -0.15) is 4.31 Å². The number of carbonyl (C=O) groups is 2. The quantitative estimate of drug-likeness (QED) is 0.731. The van der Waals surface area contributed by atoms with Gasteiger partial charge in [-0.1, -0.05) is 19.4 Å². The molecule has 144 valence electrons. The summed E-state index contributed by atoms with van der Waals surface area (Å²) in [5.74, 6) is -0.925. The smallest absolute Gasteiger partial charge is 0.306 e. The maximum Gasteiger partial charge on any atom is 0.306 e. The molecule has 8 heteroatoms. The highest BCUT2D eigenvalue weighted by atomic mass is 32.2. The number of aryl methyl sites for hydroxylation is 1. The van der Waals surface area contributed by atoms with E-state index in [1.54, 1.807) is 19.1 Å². The van der Waals surface area contributed by atoms with Gasteiger partial charge in [-0.15, -0.1) is 0 Å². The van der Waals surface area contributed by atoms with Gasteiger partial charge >= 0.3 is 5.97 Å². The Morgan fingerprint density at radius 2 is 1.88 bits per heavy atom. The van der Waals surface area contributed by atoms with Gasteiger partial charge in [0.05, 0.1) is 4.90 Å². The van der Waals surface area contributed by atoms with Crippen LogP contribution in [0.3, 0.4) is 0 Å². The number of nitrogens with one attached hydrogen (secondary N) is 1. The Kier molecular flexibility index (Phi) is 7.16. The van der Waals surface area contributed by atoms with E-state index in [2.05, 4.69) is 5.32 Å². The number of rotatable bonds is 7. The van der Waals surface area contributed by atoms with E-state index in [1.165, 1.54) is 10.4 Å². The van der Waals surface area contributed by atoms with Gasteiger partial charge in [-0.05, 0) is 43.9 Å². The molecule has 1 aromatic carbocycles. The maximum absolute atomic E-state index is 12.8. The van der Waals surface area contributed by atoms with Crippen molar-refractivity contribution >= 4 is 27.6 Å². The van der Waals surface area contributed by atoms with Crippen LogP contribution in [-0.2, 0) is 24.3 Å². The van der Waals surface area contributed by atoms with Crippen molar-refractivity contribution in [3.63, 3.8) is 0 Å². The van der Waals surface area contributed by atoms with Gasteiger partial charge in [0.2, 0.25) is 10.0 Å². The van der Waals surface area contributed by atoms with Gasteiger partial charge in [0, 0.05) is 25.2 Å². The third-order valence-electron chi connectivity index (χ3n) is 4.25. The highest BCUT2D eigenvalue weighted by Crippen LogP contribution is 2.25. The summed E-state index contributed by atoms with van der Waals surface area (Å²) in [6.45, 7) is 4.27. The molecule has 1 fully saturated rings. The number of benzene rings is 1. The van der Waals surface area contributed by atoms with Crippen molar-refractivity contribution in [3.8, 4) is 0 Å². The molecular formula is C18H26N2O5S. The first-order chi connectivity index (χ1) is 12.3. The molecular weight excluding hydrogens is 356 g/mol. The van der Waals surface area contributed by atoms with Gasteiger partial charge in [0.1, 0.15) is 0 Å².